The van der Waals surface area contributed by atoms with Crippen LogP contribution in [0.25, 0.3) is 0 Å². The summed E-state index contributed by atoms with van der Waals surface area (Å²) in [6.07, 6.45) is 6.68. The maximum Gasteiger partial charge on any atom is 0.243 e. The third-order valence-corrected chi connectivity index (χ3v) is 9.49. The number of anilines is 1. The van der Waals surface area contributed by atoms with Crippen LogP contribution in [-0.2, 0) is 32.6 Å². The van der Waals surface area contributed by atoms with Gasteiger partial charge in [-0.1, -0.05) is 79.9 Å². The highest BCUT2D eigenvalue weighted by atomic mass is 32.2. The Bertz CT molecular complexity index is 1520. The normalized spacial score (nSPS) is 14.5. The number of hydrogen-bond donors (Lipinski definition) is 1. The smallest absolute Gasteiger partial charge is 0.243 e. The molecule has 0 saturated heterocycles. The Balaban J connectivity index is 1.61. The number of benzene rings is 3. The fourth-order valence-corrected chi connectivity index (χ4v) is 6.89. The second-order valence-corrected chi connectivity index (χ2v) is 13.8. The molecule has 0 heterocycles. The van der Waals surface area contributed by atoms with Crippen molar-refractivity contribution in [2.75, 3.05) is 17.1 Å². The van der Waals surface area contributed by atoms with Crippen LogP contribution in [-0.4, -0.2) is 50.0 Å². The monoisotopic (exact) mass is 621 g/mol. The number of rotatable bonds is 13. The first-order valence-electron chi connectivity index (χ1n) is 15.4. The summed E-state index contributed by atoms with van der Waals surface area (Å²) in [5.74, 6) is -1.03. The van der Waals surface area contributed by atoms with Gasteiger partial charge in [0.15, 0.2) is 0 Å². The van der Waals surface area contributed by atoms with Gasteiger partial charge in [-0.05, 0) is 61.9 Å². The summed E-state index contributed by atoms with van der Waals surface area (Å²) >= 11 is 0. The van der Waals surface area contributed by atoms with E-state index in [4.69, 9.17) is 0 Å². The predicted molar refractivity (Wildman–Crippen MR) is 173 cm³/mol. The zero-order valence-electron chi connectivity index (χ0n) is 26.0. The molecule has 7 nitrogen and oxygen atoms in total. The topological polar surface area (TPSA) is 86.8 Å². The zero-order valence-corrected chi connectivity index (χ0v) is 26.8. The third-order valence-electron chi connectivity index (χ3n) is 8.31. The van der Waals surface area contributed by atoms with E-state index in [1.807, 2.05) is 62.4 Å². The second kappa shape index (κ2) is 15.3. The largest absolute Gasteiger partial charge is 0.352 e. The molecule has 44 heavy (non-hydrogen) atoms. The maximum absolute atomic E-state index is 14.9. The SMILES string of the molecule is Cc1ccc(C)c(N(CCCC(=O)N(Cc2ccccc2F)[C@@H](Cc2ccccc2)C(=O)NC2CCCCC2)S(C)(=O)=O)c1. The van der Waals surface area contributed by atoms with E-state index in [0.717, 1.165) is 55.1 Å². The van der Waals surface area contributed by atoms with Crippen molar-refractivity contribution in [3.8, 4) is 0 Å². The van der Waals surface area contributed by atoms with Gasteiger partial charge in [0.2, 0.25) is 21.8 Å². The van der Waals surface area contributed by atoms with Crippen LogP contribution in [0.2, 0.25) is 0 Å². The van der Waals surface area contributed by atoms with Gasteiger partial charge in [-0.25, -0.2) is 12.8 Å². The van der Waals surface area contributed by atoms with Crippen molar-refractivity contribution in [1.82, 2.24) is 10.2 Å². The van der Waals surface area contributed by atoms with Crippen LogP contribution < -0.4 is 9.62 Å². The third kappa shape index (κ3) is 9.14. The van der Waals surface area contributed by atoms with E-state index in [9.17, 15) is 22.4 Å². The summed E-state index contributed by atoms with van der Waals surface area (Å²) in [7, 11) is -3.62. The summed E-state index contributed by atoms with van der Waals surface area (Å²) < 4.78 is 41.9. The lowest BCUT2D eigenvalue weighted by Crippen LogP contribution is -2.53. The molecule has 0 aliphatic heterocycles. The molecule has 0 spiro atoms. The molecule has 1 aliphatic rings. The fraction of sp³-hybridized carbons (Fsp3) is 0.429. The van der Waals surface area contributed by atoms with Gasteiger partial charge in [0.05, 0.1) is 11.9 Å². The van der Waals surface area contributed by atoms with Crippen molar-refractivity contribution in [3.05, 3.63) is 101 Å². The molecule has 1 atom stereocenters. The van der Waals surface area contributed by atoms with Gasteiger partial charge in [0.1, 0.15) is 11.9 Å². The summed E-state index contributed by atoms with van der Waals surface area (Å²) in [6, 6.07) is 20.6. The predicted octanol–water partition coefficient (Wildman–Crippen LogP) is 6.08. The van der Waals surface area contributed by atoms with Crippen molar-refractivity contribution in [3.63, 3.8) is 0 Å². The molecule has 0 aromatic heterocycles. The Morgan fingerprint density at radius 1 is 0.955 bits per heavy atom. The van der Waals surface area contributed by atoms with Gasteiger partial charge in [-0.15, -0.1) is 0 Å². The summed E-state index contributed by atoms with van der Waals surface area (Å²) in [4.78, 5) is 29.4. The minimum absolute atomic E-state index is 0.00661. The van der Waals surface area contributed by atoms with Crippen LogP contribution >= 0.6 is 0 Å². The van der Waals surface area contributed by atoms with Crippen LogP contribution in [0.1, 0.15) is 67.2 Å². The highest BCUT2D eigenvalue weighted by molar-refractivity contribution is 7.92. The molecule has 1 aliphatic carbocycles. The molecule has 1 fully saturated rings. The van der Waals surface area contributed by atoms with E-state index in [2.05, 4.69) is 5.32 Å². The van der Waals surface area contributed by atoms with Crippen LogP contribution in [0, 0.1) is 19.7 Å². The number of carbonyl (C=O) groups excluding carboxylic acids is 2. The fourth-order valence-electron chi connectivity index (χ4n) is 5.88. The zero-order chi connectivity index (χ0) is 31.7. The molecular weight excluding hydrogens is 577 g/mol. The quantitative estimate of drug-likeness (QED) is 0.251. The van der Waals surface area contributed by atoms with E-state index in [1.54, 1.807) is 18.2 Å². The Hall–Kier alpha value is -3.72. The maximum atomic E-state index is 14.9. The minimum Gasteiger partial charge on any atom is -0.352 e. The Kier molecular flexibility index (Phi) is 11.6. The summed E-state index contributed by atoms with van der Waals surface area (Å²) in [5, 5.41) is 3.19. The molecule has 1 saturated carbocycles. The average molecular weight is 622 g/mol. The molecule has 9 heteroatoms. The Labute approximate surface area is 261 Å². The number of nitrogens with zero attached hydrogens (tertiary/aromatic N) is 2. The Morgan fingerprint density at radius 2 is 1.64 bits per heavy atom. The lowest BCUT2D eigenvalue weighted by Gasteiger charge is -2.34. The first kappa shape index (κ1) is 33.2. The van der Waals surface area contributed by atoms with Gasteiger partial charge in [-0.3, -0.25) is 13.9 Å². The van der Waals surface area contributed by atoms with Gasteiger partial charge >= 0.3 is 0 Å². The molecule has 4 rings (SSSR count). The van der Waals surface area contributed by atoms with Crippen molar-refractivity contribution in [2.45, 2.75) is 83.8 Å². The lowest BCUT2D eigenvalue weighted by atomic mass is 9.94. The van der Waals surface area contributed by atoms with Gasteiger partial charge in [0.25, 0.3) is 0 Å². The van der Waals surface area contributed by atoms with E-state index in [-0.39, 0.29) is 50.2 Å². The van der Waals surface area contributed by atoms with E-state index in [1.165, 1.54) is 15.3 Å². The molecule has 1 N–H and O–H groups in total. The van der Waals surface area contributed by atoms with Crippen molar-refractivity contribution in [2.24, 2.45) is 0 Å². The molecule has 0 radical (unpaired) electrons. The van der Waals surface area contributed by atoms with Crippen molar-refractivity contribution < 1.29 is 22.4 Å². The first-order chi connectivity index (χ1) is 21.0. The molecule has 0 bridgehead atoms. The number of aryl methyl sites for hydroxylation is 2. The first-order valence-corrected chi connectivity index (χ1v) is 17.3. The van der Waals surface area contributed by atoms with Gasteiger partial charge in [-0.2, -0.15) is 0 Å². The number of carbonyl (C=O) groups is 2. The van der Waals surface area contributed by atoms with Gasteiger partial charge in [0, 0.05) is 37.5 Å². The molecule has 0 unspecified atom stereocenters. The number of hydrogen-bond acceptors (Lipinski definition) is 4. The van der Waals surface area contributed by atoms with E-state index in [0.29, 0.717) is 11.3 Å². The number of halogens is 1. The molecule has 2 amide bonds. The van der Waals surface area contributed by atoms with Crippen LogP contribution in [0.5, 0.6) is 0 Å². The van der Waals surface area contributed by atoms with E-state index < -0.39 is 21.9 Å². The highest BCUT2D eigenvalue weighted by Gasteiger charge is 2.32. The van der Waals surface area contributed by atoms with Crippen molar-refractivity contribution in [1.29, 1.82) is 0 Å². The molecule has 3 aromatic rings. The minimum atomic E-state index is -3.62. The number of nitrogens with one attached hydrogen (secondary N) is 1. The molecular formula is C35H44FN3O4S. The van der Waals surface area contributed by atoms with Crippen LogP contribution in [0.3, 0.4) is 0 Å². The molecule has 236 valence electrons. The average Bonchev–Trinajstić information content (AvgIpc) is 2.99. The Morgan fingerprint density at radius 3 is 2.32 bits per heavy atom. The second-order valence-electron chi connectivity index (χ2n) is 11.9. The van der Waals surface area contributed by atoms with Gasteiger partial charge < -0.3 is 10.2 Å². The molecule has 3 aromatic carbocycles. The van der Waals surface area contributed by atoms with Crippen LogP contribution in [0.15, 0.2) is 72.8 Å². The lowest BCUT2D eigenvalue weighted by molar-refractivity contribution is -0.141. The van der Waals surface area contributed by atoms with Crippen molar-refractivity contribution >= 4 is 27.5 Å². The standard InChI is InChI=1S/C35H44FN3O4S/c1-26-20-21-27(2)32(23-26)39(44(3,42)43)22-12-19-34(40)38(25-29-15-10-11-18-31(29)36)33(24-28-13-6-4-7-14-28)35(41)37-30-16-8-5-9-17-30/h4,6-7,10-11,13-15,18,20-21,23,30,33H,5,8-9,12,16-17,19,22,24-25H2,1-3H3,(H,37,41)/t33-/m0/s1. The summed E-state index contributed by atoms with van der Waals surface area (Å²) in [5.41, 5.74) is 3.53. The number of sulfonamides is 1. The summed E-state index contributed by atoms with van der Waals surface area (Å²) in [6.45, 7) is 3.78. The van der Waals surface area contributed by atoms with E-state index >= 15 is 0 Å². The number of amides is 2. The highest BCUT2D eigenvalue weighted by Crippen LogP contribution is 2.25. The van der Waals surface area contributed by atoms with Crippen LogP contribution in [0.4, 0.5) is 10.1 Å².